The highest BCUT2D eigenvalue weighted by atomic mass is 16.5. The van der Waals surface area contributed by atoms with Gasteiger partial charge in [0.05, 0.1) is 5.92 Å². The number of hydrogen-bond acceptors (Lipinski definition) is 1. The van der Waals surface area contributed by atoms with Gasteiger partial charge in [-0.05, 0) is 47.0 Å². The molecule has 0 N–H and O–H groups in total. The van der Waals surface area contributed by atoms with Crippen molar-refractivity contribution in [1.82, 2.24) is 0 Å². The second-order valence-corrected chi connectivity index (χ2v) is 5.78. The molecule has 0 radical (unpaired) electrons. The van der Waals surface area contributed by atoms with Gasteiger partial charge in [0.1, 0.15) is 0 Å². The average Bonchev–Trinajstić information content (AvgIpc) is 2.53. The molecule has 0 amide bonds. The van der Waals surface area contributed by atoms with Crippen LogP contribution in [0.2, 0.25) is 0 Å². The first-order valence-corrected chi connectivity index (χ1v) is 6.54. The fourth-order valence-corrected chi connectivity index (χ4v) is 3.07. The first-order chi connectivity index (χ1) is 8.22. The lowest BCUT2D eigenvalue weighted by molar-refractivity contribution is -0.629. The number of hydrogen-bond donors (Lipinski definition) is 0. The molecule has 1 aliphatic heterocycles. The first-order valence-electron chi connectivity index (χ1n) is 7.54. The molecule has 2 nitrogen and oxygen atoms in total. The van der Waals surface area contributed by atoms with Crippen molar-refractivity contribution >= 4 is 5.90 Å². The minimum atomic E-state index is -1.18. The smallest absolute Gasteiger partial charge is 0.340 e. The summed E-state index contributed by atoms with van der Waals surface area (Å²) in [6.07, 6.45) is 1.34. The van der Waals surface area contributed by atoms with Gasteiger partial charge in [-0.15, -0.1) is 0 Å². The summed E-state index contributed by atoms with van der Waals surface area (Å²) >= 11 is 0. The summed E-state index contributed by atoms with van der Waals surface area (Å²) in [7, 11) is 0. The lowest BCUT2D eigenvalue weighted by Crippen LogP contribution is -2.49. The van der Waals surface area contributed by atoms with E-state index >= 15 is 0 Å². The van der Waals surface area contributed by atoms with Gasteiger partial charge in [-0.25, -0.2) is 0 Å². The molecule has 1 fully saturated rings. The summed E-state index contributed by atoms with van der Waals surface area (Å²) in [6.45, 7) is 10.6. The Morgan fingerprint density at radius 1 is 1.38 bits per heavy atom. The van der Waals surface area contributed by atoms with E-state index < -0.39 is 11.9 Å². The molecule has 0 unspecified atom stereocenters. The van der Waals surface area contributed by atoms with Crippen LogP contribution in [0.15, 0.2) is 0 Å². The normalized spacial score (nSPS) is 39.6. The summed E-state index contributed by atoms with van der Waals surface area (Å²) < 4.78 is 25.2. The molecule has 0 saturated heterocycles. The second-order valence-electron chi connectivity index (χ2n) is 5.78. The quantitative estimate of drug-likeness (QED) is 0.659. The maximum atomic E-state index is 8.44. The Morgan fingerprint density at radius 2 is 2.06 bits per heavy atom. The van der Waals surface area contributed by atoms with Crippen LogP contribution in [0.5, 0.6) is 0 Å². The van der Waals surface area contributed by atoms with Gasteiger partial charge in [-0.1, -0.05) is 0 Å². The van der Waals surface area contributed by atoms with E-state index in [1.54, 1.807) is 0 Å². The standard InChI is InChI=1S/C14H26NO/c1-10(2)13-15(11(3)4)14(5)9-7-6-8-12(14)16-13/h10-12H,6-9H2,1-5H3/q+1/t12-,14-/m0/s1/i9D2. The molecule has 92 valence electrons. The SMILES string of the molecule is [2H]C1([2H])CCC[C@@H]2OC(C(C)C)=[N+](C(C)C)[C@]21C. The summed E-state index contributed by atoms with van der Waals surface area (Å²) in [5, 5.41) is 0. The molecule has 0 aromatic rings. The van der Waals surface area contributed by atoms with Crippen LogP contribution in [-0.4, -0.2) is 28.2 Å². The van der Waals surface area contributed by atoms with Crippen molar-refractivity contribution in [2.75, 3.05) is 0 Å². The Kier molecular flexibility index (Phi) is 2.40. The van der Waals surface area contributed by atoms with Crippen LogP contribution in [0.3, 0.4) is 0 Å². The Balaban J connectivity index is 2.55. The van der Waals surface area contributed by atoms with Crippen molar-refractivity contribution in [3.05, 3.63) is 0 Å². The molecule has 2 rings (SSSR count). The third-order valence-corrected chi connectivity index (χ3v) is 3.76. The highest BCUT2D eigenvalue weighted by molar-refractivity contribution is 5.74. The summed E-state index contributed by atoms with van der Waals surface area (Å²) in [5.74, 6) is 1.29. The van der Waals surface area contributed by atoms with Gasteiger partial charge < -0.3 is 4.74 Å². The van der Waals surface area contributed by atoms with Crippen LogP contribution in [-0.2, 0) is 4.74 Å². The van der Waals surface area contributed by atoms with Crippen LogP contribution >= 0.6 is 0 Å². The van der Waals surface area contributed by atoms with Gasteiger partial charge in [0.2, 0.25) is 0 Å². The summed E-state index contributed by atoms with van der Waals surface area (Å²) in [4.78, 5) is 0. The highest BCUT2D eigenvalue weighted by Crippen LogP contribution is 2.39. The van der Waals surface area contributed by atoms with Gasteiger partial charge in [0.15, 0.2) is 17.7 Å². The van der Waals surface area contributed by atoms with E-state index in [4.69, 9.17) is 7.48 Å². The van der Waals surface area contributed by atoms with Crippen molar-refractivity contribution in [2.45, 2.75) is 77.9 Å². The van der Waals surface area contributed by atoms with E-state index in [-0.39, 0.29) is 12.1 Å². The van der Waals surface area contributed by atoms with E-state index in [1.165, 1.54) is 0 Å². The Bertz CT molecular complexity index is 376. The largest absolute Gasteiger partial charge is 0.437 e. The van der Waals surface area contributed by atoms with E-state index in [0.29, 0.717) is 12.3 Å². The van der Waals surface area contributed by atoms with Crippen molar-refractivity contribution in [2.24, 2.45) is 5.92 Å². The van der Waals surface area contributed by atoms with Gasteiger partial charge >= 0.3 is 5.90 Å². The maximum Gasteiger partial charge on any atom is 0.340 e. The monoisotopic (exact) mass is 226 g/mol. The van der Waals surface area contributed by atoms with Crippen molar-refractivity contribution in [3.63, 3.8) is 0 Å². The lowest BCUT2D eigenvalue weighted by atomic mass is 9.80. The molecule has 1 saturated carbocycles. The maximum absolute atomic E-state index is 8.44. The van der Waals surface area contributed by atoms with E-state index in [9.17, 15) is 0 Å². The summed E-state index contributed by atoms with van der Waals surface area (Å²) in [5.41, 5.74) is -0.515. The number of fused-ring (bicyclic) bond motifs is 1. The predicted molar refractivity (Wildman–Crippen MR) is 67.0 cm³/mol. The fourth-order valence-electron chi connectivity index (χ4n) is 3.07. The predicted octanol–water partition coefficient (Wildman–Crippen LogP) is 3.19. The number of rotatable bonds is 2. The van der Waals surface area contributed by atoms with E-state index in [2.05, 4.69) is 32.3 Å². The molecule has 1 aliphatic carbocycles. The van der Waals surface area contributed by atoms with Gasteiger partial charge in [0, 0.05) is 16.0 Å². The topological polar surface area (TPSA) is 12.2 Å². The zero-order valence-corrected chi connectivity index (χ0v) is 11.2. The van der Waals surface area contributed by atoms with E-state index in [0.717, 1.165) is 18.7 Å². The van der Waals surface area contributed by atoms with Crippen molar-refractivity contribution in [3.8, 4) is 0 Å². The zero-order valence-electron chi connectivity index (χ0n) is 13.2. The molecule has 2 atom stereocenters. The molecule has 0 bridgehead atoms. The molecule has 0 aromatic heterocycles. The highest BCUT2D eigenvalue weighted by Gasteiger charge is 2.56. The minimum absolute atomic E-state index is 0.000972. The zero-order chi connectivity index (χ0) is 13.7. The fraction of sp³-hybridized carbons (Fsp3) is 0.929. The Morgan fingerprint density at radius 3 is 2.62 bits per heavy atom. The molecule has 0 aromatic carbocycles. The Labute approximate surface area is 103 Å². The third kappa shape index (κ3) is 1.66. The third-order valence-electron chi connectivity index (χ3n) is 3.76. The van der Waals surface area contributed by atoms with Crippen LogP contribution in [0, 0.1) is 5.92 Å². The molecule has 2 aliphatic rings. The van der Waals surface area contributed by atoms with Gasteiger partial charge in [-0.3, -0.25) is 0 Å². The van der Waals surface area contributed by atoms with Crippen molar-refractivity contribution < 1.29 is 12.1 Å². The first kappa shape index (κ1) is 9.49. The number of ether oxygens (including phenoxy) is 1. The van der Waals surface area contributed by atoms with Crippen LogP contribution < -0.4 is 0 Å². The lowest BCUT2D eigenvalue weighted by Gasteiger charge is -2.32. The molecular weight excluding hydrogens is 198 g/mol. The number of nitrogens with zero attached hydrogens (tertiary/aromatic N) is 1. The van der Waals surface area contributed by atoms with Crippen LogP contribution in [0.1, 0.15) is 63.0 Å². The van der Waals surface area contributed by atoms with Gasteiger partial charge in [0.25, 0.3) is 0 Å². The minimum Gasteiger partial charge on any atom is -0.437 e. The molecule has 1 heterocycles. The molecule has 0 spiro atoms. The second kappa shape index (κ2) is 4.05. The van der Waals surface area contributed by atoms with Crippen LogP contribution in [0.4, 0.5) is 0 Å². The van der Waals surface area contributed by atoms with E-state index in [1.807, 2.05) is 6.92 Å². The Hall–Kier alpha value is -0.530. The van der Waals surface area contributed by atoms with Gasteiger partial charge in [-0.2, -0.15) is 4.58 Å². The molecule has 16 heavy (non-hydrogen) atoms. The van der Waals surface area contributed by atoms with Crippen LogP contribution in [0.25, 0.3) is 0 Å². The average molecular weight is 226 g/mol. The molecule has 2 heteroatoms. The molecular formula is C14H26NO+. The van der Waals surface area contributed by atoms with Crippen molar-refractivity contribution in [1.29, 1.82) is 0 Å². The summed E-state index contributed by atoms with van der Waals surface area (Å²) in [6, 6.07) is 0.269.